The second kappa shape index (κ2) is 7.31. The number of hydrogen-bond donors (Lipinski definition) is 1. The Morgan fingerprint density at radius 1 is 1.17 bits per heavy atom. The van der Waals surface area contributed by atoms with Gasteiger partial charge in [0.1, 0.15) is 23.0 Å². The zero-order chi connectivity index (χ0) is 24.0. The summed E-state index contributed by atoms with van der Waals surface area (Å²) in [5, 5.41) is 10.0. The molecule has 4 fully saturated rings. The van der Waals surface area contributed by atoms with Crippen molar-refractivity contribution in [3.63, 3.8) is 0 Å². The Balaban J connectivity index is 1.34. The topological polar surface area (TPSA) is 68.2 Å². The van der Waals surface area contributed by atoms with Crippen molar-refractivity contribution in [2.75, 3.05) is 27.3 Å². The molecule has 6 heteroatoms. The molecule has 4 bridgehead atoms. The van der Waals surface area contributed by atoms with Crippen LogP contribution < -0.4 is 4.74 Å². The lowest BCUT2D eigenvalue weighted by molar-refractivity contribution is -0.282. The second-order valence-corrected chi connectivity index (χ2v) is 11.4. The molecule has 0 aromatic heterocycles. The first-order valence-electron chi connectivity index (χ1n) is 12.9. The fourth-order valence-electron chi connectivity index (χ4n) is 9.10. The van der Waals surface area contributed by atoms with Gasteiger partial charge >= 0.3 is 5.97 Å². The molecule has 2 aromatic carbocycles. The van der Waals surface area contributed by atoms with Crippen LogP contribution in [0.15, 0.2) is 42.5 Å². The van der Waals surface area contributed by atoms with E-state index in [1.165, 1.54) is 16.7 Å². The van der Waals surface area contributed by atoms with E-state index >= 15 is 0 Å². The van der Waals surface area contributed by atoms with Gasteiger partial charge in [-0.2, -0.15) is 0 Å². The third kappa shape index (κ3) is 2.53. The number of methoxy groups -OCH3 is 1. The Morgan fingerprint density at radius 3 is 2.77 bits per heavy atom. The summed E-state index contributed by atoms with van der Waals surface area (Å²) in [5.41, 5.74) is 3.29. The zero-order valence-corrected chi connectivity index (χ0v) is 20.5. The second-order valence-electron chi connectivity index (χ2n) is 11.4. The average Bonchev–Trinajstić information content (AvgIpc) is 3.23. The van der Waals surface area contributed by atoms with E-state index in [-0.39, 0.29) is 22.9 Å². The molecular formula is C29H33NO5. The number of carboxylic acids is 1. The minimum atomic E-state index is -0.913. The van der Waals surface area contributed by atoms with Crippen molar-refractivity contribution < 1.29 is 24.1 Å². The maximum Gasteiger partial charge on any atom is 0.339 e. The van der Waals surface area contributed by atoms with Gasteiger partial charge in [0.05, 0.1) is 13.2 Å². The van der Waals surface area contributed by atoms with Crippen LogP contribution in [0.5, 0.6) is 5.75 Å². The van der Waals surface area contributed by atoms with E-state index < -0.39 is 11.6 Å². The molecule has 35 heavy (non-hydrogen) atoms. The molecule has 6 nitrogen and oxygen atoms in total. The van der Waals surface area contributed by atoms with Crippen molar-refractivity contribution in [2.24, 2.45) is 11.3 Å². The van der Waals surface area contributed by atoms with Crippen LogP contribution >= 0.6 is 0 Å². The lowest BCUT2D eigenvalue weighted by atomic mass is 9.35. The van der Waals surface area contributed by atoms with Gasteiger partial charge in [-0.25, -0.2) is 4.79 Å². The number of ether oxygens (including phenoxy) is 3. The Morgan fingerprint density at radius 2 is 2.00 bits per heavy atom. The van der Waals surface area contributed by atoms with Crippen molar-refractivity contribution in [3.05, 3.63) is 64.7 Å². The molecule has 6 atom stereocenters. The van der Waals surface area contributed by atoms with E-state index in [2.05, 4.69) is 30.1 Å². The number of carboxylic acid groups (broad SMARTS) is 1. The summed E-state index contributed by atoms with van der Waals surface area (Å²) in [4.78, 5) is 14.8. The predicted molar refractivity (Wildman–Crippen MR) is 130 cm³/mol. The number of fused-ring (bicyclic) bond motifs is 2. The zero-order valence-electron chi connectivity index (χ0n) is 20.5. The van der Waals surface area contributed by atoms with Crippen LogP contribution in [0, 0.1) is 11.3 Å². The molecule has 0 radical (unpaired) electrons. The standard InChI is InChI=1S/C29H33NO5/c1-30-13-12-28-23-19-8-9-21(25(31)32)24(23)35-26(28)29(33-2)11-10-27(28,22(30)14-19)15-20(29)17-34-16-18-6-4-3-5-7-18/h3-9,20,22,26H,10-17H2,1-2H3,(H,31,32)/t20-,22?,26-,27-,28+,29-/m1/s1. The fourth-order valence-corrected chi connectivity index (χ4v) is 9.10. The number of carbonyl (C=O) groups is 1. The molecule has 3 saturated carbocycles. The number of nitrogens with zero attached hydrogens (tertiary/aromatic N) is 1. The highest BCUT2D eigenvalue weighted by Crippen LogP contribution is 2.76. The predicted octanol–water partition coefficient (Wildman–Crippen LogP) is 4.05. The molecule has 2 aromatic rings. The molecule has 4 aliphatic carbocycles. The highest BCUT2D eigenvalue weighted by molar-refractivity contribution is 5.92. The van der Waals surface area contributed by atoms with Gasteiger partial charge in [-0.05, 0) is 62.9 Å². The highest BCUT2D eigenvalue weighted by Gasteiger charge is 2.80. The molecule has 8 rings (SSSR count). The van der Waals surface area contributed by atoms with Crippen molar-refractivity contribution >= 4 is 5.97 Å². The van der Waals surface area contributed by atoms with Crippen LogP contribution in [0.3, 0.4) is 0 Å². The van der Waals surface area contributed by atoms with Gasteiger partial charge < -0.3 is 24.2 Å². The van der Waals surface area contributed by atoms with Gasteiger partial charge in [0.25, 0.3) is 0 Å². The number of benzene rings is 2. The third-order valence-corrected chi connectivity index (χ3v) is 10.5. The molecule has 2 aliphatic heterocycles. The summed E-state index contributed by atoms with van der Waals surface area (Å²) in [6.07, 6.45) is 4.79. The molecule has 184 valence electrons. The fraction of sp³-hybridized carbons (Fsp3) is 0.552. The number of hydrogen-bond acceptors (Lipinski definition) is 5. The van der Waals surface area contributed by atoms with Crippen LogP contribution in [0.25, 0.3) is 0 Å². The van der Waals surface area contributed by atoms with Crippen molar-refractivity contribution in [1.29, 1.82) is 0 Å². The molecule has 2 heterocycles. The number of likely N-dealkylation sites (tertiary alicyclic amines) is 1. The highest BCUT2D eigenvalue weighted by atomic mass is 16.6. The molecule has 0 amide bonds. The van der Waals surface area contributed by atoms with Crippen molar-refractivity contribution in [1.82, 2.24) is 4.90 Å². The normalized spacial score (nSPS) is 38.2. The quantitative estimate of drug-likeness (QED) is 0.680. The summed E-state index contributed by atoms with van der Waals surface area (Å²) < 4.78 is 19.7. The Bertz CT molecular complexity index is 1200. The molecule has 1 unspecified atom stereocenters. The minimum absolute atomic E-state index is 0.0428. The van der Waals surface area contributed by atoms with E-state index in [1.807, 2.05) is 25.3 Å². The Hall–Kier alpha value is -2.41. The maximum absolute atomic E-state index is 12.2. The SMILES string of the molecule is CO[C@]12CC[C@@]3(C[C@@H]1COCc1ccccc1)C1Cc4ccc(C(=O)O)c5c4[C@@]3(CCN1C)[C@H]2O5. The molecular weight excluding hydrogens is 442 g/mol. The Kier molecular flexibility index (Phi) is 4.56. The maximum atomic E-state index is 12.2. The summed E-state index contributed by atoms with van der Waals surface area (Å²) in [6.45, 7) is 2.20. The summed E-state index contributed by atoms with van der Waals surface area (Å²) in [5.74, 6) is -0.105. The lowest BCUT2D eigenvalue weighted by Gasteiger charge is -2.73. The van der Waals surface area contributed by atoms with Gasteiger partial charge in [0.2, 0.25) is 0 Å². The van der Waals surface area contributed by atoms with Gasteiger partial charge in [-0.3, -0.25) is 0 Å². The van der Waals surface area contributed by atoms with E-state index in [0.717, 1.165) is 38.6 Å². The van der Waals surface area contributed by atoms with E-state index in [0.29, 0.717) is 30.6 Å². The molecule has 2 spiro atoms. The van der Waals surface area contributed by atoms with Gasteiger partial charge in [-0.15, -0.1) is 0 Å². The molecule has 1 saturated heterocycles. The van der Waals surface area contributed by atoms with Crippen molar-refractivity contribution in [3.8, 4) is 5.75 Å². The minimum Gasteiger partial charge on any atom is -0.485 e. The smallest absolute Gasteiger partial charge is 0.339 e. The lowest BCUT2D eigenvalue weighted by Crippen LogP contribution is -2.81. The third-order valence-electron chi connectivity index (χ3n) is 10.5. The first kappa shape index (κ1) is 21.8. The van der Waals surface area contributed by atoms with Crippen LogP contribution in [-0.2, 0) is 27.9 Å². The largest absolute Gasteiger partial charge is 0.485 e. The monoisotopic (exact) mass is 475 g/mol. The first-order chi connectivity index (χ1) is 17.0. The van der Waals surface area contributed by atoms with Crippen LogP contribution in [0.4, 0.5) is 0 Å². The number of likely N-dealkylation sites (N-methyl/N-ethyl adjacent to an activating group) is 1. The summed E-state index contributed by atoms with van der Waals surface area (Å²) >= 11 is 0. The number of piperidine rings is 1. The van der Waals surface area contributed by atoms with E-state index in [4.69, 9.17) is 14.2 Å². The van der Waals surface area contributed by atoms with Crippen LogP contribution in [0.1, 0.15) is 52.7 Å². The van der Waals surface area contributed by atoms with Crippen LogP contribution in [0.2, 0.25) is 0 Å². The molecule has 6 aliphatic rings. The summed E-state index contributed by atoms with van der Waals surface area (Å²) in [6, 6.07) is 14.5. The first-order valence-corrected chi connectivity index (χ1v) is 12.9. The van der Waals surface area contributed by atoms with Gasteiger partial charge in [0, 0.05) is 35.5 Å². The average molecular weight is 476 g/mol. The van der Waals surface area contributed by atoms with Crippen molar-refractivity contribution in [2.45, 2.75) is 61.9 Å². The van der Waals surface area contributed by atoms with Gasteiger partial charge in [-0.1, -0.05) is 36.4 Å². The molecule has 1 N–H and O–H groups in total. The summed E-state index contributed by atoms with van der Waals surface area (Å²) in [7, 11) is 4.09. The number of rotatable bonds is 6. The number of aromatic carboxylic acids is 1. The Labute approximate surface area is 206 Å². The van der Waals surface area contributed by atoms with Gasteiger partial charge in [0.15, 0.2) is 0 Å². The van der Waals surface area contributed by atoms with E-state index in [1.54, 1.807) is 6.07 Å². The van der Waals surface area contributed by atoms with Crippen LogP contribution in [-0.4, -0.2) is 61.0 Å². The van der Waals surface area contributed by atoms with E-state index in [9.17, 15) is 9.90 Å².